The third kappa shape index (κ3) is 91.2. The molecule has 32 heteroatoms. The quantitative estimate of drug-likeness (QED) is 0.0475. The van der Waals surface area contributed by atoms with Gasteiger partial charge in [-0.2, -0.15) is 0 Å². The van der Waals surface area contributed by atoms with Crippen LogP contribution in [0.25, 0.3) is 0 Å². The zero-order valence-corrected chi connectivity index (χ0v) is 43.2. The van der Waals surface area contributed by atoms with Gasteiger partial charge < -0.3 is 133 Å². The maximum Gasteiger partial charge on any atom is 0.330 e. The van der Waals surface area contributed by atoms with Crippen LogP contribution in [0.1, 0.15) is 41.5 Å². The Labute approximate surface area is 438 Å². The van der Waals surface area contributed by atoms with E-state index >= 15 is 0 Å². The fraction of sp³-hybridized carbons (Fsp3) is 0.591. The Hall–Kier alpha value is -5.54. The molecule has 0 aliphatic rings. The second kappa shape index (κ2) is 65.6. The zero-order chi connectivity index (χ0) is 63.8. The molecule has 32 nitrogen and oxygen atoms in total. The lowest BCUT2D eigenvalue weighted by molar-refractivity contribution is -0.133. The van der Waals surface area contributed by atoms with Crippen molar-refractivity contribution in [3.63, 3.8) is 0 Å². The molecule has 0 amide bonds. The minimum Gasteiger partial charge on any atom is -0.478 e. The Bertz CT molecular complexity index is 1160. The first-order chi connectivity index (χ1) is 34.5. The van der Waals surface area contributed by atoms with E-state index in [1.165, 1.54) is 41.5 Å². The monoisotopic (exact) mass is 1130 g/mol. The third-order valence-corrected chi connectivity index (χ3v) is 6.28. The number of carboxylic acids is 6. The summed E-state index contributed by atoms with van der Waals surface area (Å²) in [5, 5.41) is 213. The number of aliphatic hydroxyl groups is 20. The number of aliphatic hydroxyl groups excluding tert-OH is 20. The summed E-state index contributed by atoms with van der Waals surface area (Å²) < 4.78 is 0. The smallest absolute Gasteiger partial charge is 0.330 e. The average Bonchev–Trinajstić information content (AvgIpc) is 3.37. The van der Waals surface area contributed by atoms with Crippen LogP contribution in [0.2, 0.25) is 0 Å². The number of aliphatic carboxylic acids is 6. The highest BCUT2D eigenvalue weighted by Gasteiger charge is 2.15. The minimum absolute atomic E-state index is 0.176. The standard InChI is InChI=1S/5C4H10O4.6C4H6O2/c5*5-1-3(7)4(8)2-6;6*1-3(2)4(5)6/h5*3-8H,1-2H2;6*1H2,2H3,(H,5,6)/t5*3-,4+;;;;;;. The van der Waals surface area contributed by atoms with Crippen LogP contribution in [-0.4, -0.2) is 296 Å². The summed E-state index contributed by atoms with van der Waals surface area (Å²) in [6.45, 7) is 22.4. The van der Waals surface area contributed by atoms with Gasteiger partial charge >= 0.3 is 35.8 Å². The lowest BCUT2D eigenvalue weighted by atomic mass is 10.2. The Morgan fingerprint density at radius 1 is 0.224 bits per heavy atom. The van der Waals surface area contributed by atoms with E-state index in [0.29, 0.717) is 0 Å². The van der Waals surface area contributed by atoms with Gasteiger partial charge in [0.15, 0.2) is 0 Å². The number of carboxylic acid groups (broad SMARTS) is 6. The summed E-state index contributed by atoms with van der Waals surface area (Å²) >= 11 is 0. The molecule has 0 aromatic heterocycles. The van der Waals surface area contributed by atoms with Crippen LogP contribution in [0.5, 0.6) is 0 Å². The molecule has 0 aliphatic heterocycles. The van der Waals surface area contributed by atoms with Gasteiger partial charge in [0, 0.05) is 33.4 Å². The van der Waals surface area contributed by atoms with Gasteiger partial charge in [-0.3, -0.25) is 0 Å². The second-order valence-corrected chi connectivity index (χ2v) is 14.0. The Morgan fingerprint density at radius 3 is 0.276 bits per heavy atom. The van der Waals surface area contributed by atoms with Gasteiger partial charge in [0.2, 0.25) is 0 Å². The van der Waals surface area contributed by atoms with Crippen molar-refractivity contribution >= 4 is 35.8 Å². The van der Waals surface area contributed by atoms with Gasteiger partial charge in [-0.05, 0) is 41.5 Å². The average molecular weight is 1130 g/mol. The molecule has 76 heavy (non-hydrogen) atoms. The molecular formula is C44H86O32. The van der Waals surface area contributed by atoms with Gasteiger partial charge in [-0.1, -0.05) is 39.5 Å². The molecule has 0 rings (SSSR count). The predicted octanol–water partition coefficient (Wildman–Crippen LogP) is -7.65. The summed E-state index contributed by atoms with van der Waals surface area (Å²) in [6.07, 6.45) is -12.2. The molecule has 0 heterocycles. The Balaban J connectivity index is -0.0000000681. The zero-order valence-electron chi connectivity index (χ0n) is 43.2. The highest BCUT2D eigenvalue weighted by Crippen LogP contribution is 1.92. The van der Waals surface area contributed by atoms with Crippen molar-refractivity contribution < 1.29 is 162 Å². The molecule has 0 aromatic carbocycles. The summed E-state index contributed by atoms with van der Waals surface area (Å²) in [4.78, 5) is 57.6. The van der Waals surface area contributed by atoms with E-state index in [-0.39, 0.29) is 33.4 Å². The maximum atomic E-state index is 9.60. The molecule has 0 aliphatic carbocycles. The fourth-order valence-electron chi connectivity index (χ4n) is 1.22. The molecule has 0 saturated carbocycles. The normalized spacial score (nSPS) is 13.0. The first kappa shape index (κ1) is 96.2. The van der Waals surface area contributed by atoms with Crippen LogP contribution in [0.4, 0.5) is 0 Å². The first-order valence-corrected chi connectivity index (χ1v) is 20.7. The van der Waals surface area contributed by atoms with Crippen LogP contribution in [-0.2, 0) is 28.8 Å². The van der Waals surface area contributed by atoms with E-state index in [9.17, 15) is 28.8 Å². The van der Waals surface area contributed by atoms with Crippen molar-refractivity contribution in [1.29, 1.82) is 0 Å². The second-order valence-electron chi connectivity index (χ2n) is 14.0. The molecule has 454 valence electrons. The van der Waals surface area contributed by atoms with E-state index < -0.39 is 163 Å². The van der Waals surface area contributed by atoms with E-state index in [1.54, 1.807) is 0 Å². The van der Waals surface area contributed by atoms with Crippen molar-refractivity contribution in [2.24, 2.45) is 0 Å². The SMILES string of the molecule is C=C(C)C(=O)O.C=C(C)C(=O)O.C=C(C)C(=O)O.C=C(C)C(=O)O.C=C(C)C(=O)O.C=C(C)C(=O)O.OC[C@@H](O)[C@@H](O)CO.OC[C@@H](O)[C@@H](O)CO.OC[C@@H](O)[C@@H](O)CO.OC[C@@H](O)[C@@H](O)CO.OC[C@@H](O)[C@@H](O)CO. The molecule has 0 saturated heterocycles. The number of carbonyl (C=O) groups is 6. The fourth-order valence-corrected chi connectivity index (χ4v) is 1.22. The van der Waals surface area contributed by atoms with Crippen LogP contribution >= 0.6 is 0 Å². The molecular weight excluding hydrogens is 1040 g/mol. The molecule has 0 bridgehead atoms. The van der Waals surface area contributed by atoms with Crippen LogP contribution in [0.15, 0.2) is 72.9 Å². The summed E-state index contributed by atoms with van der Waals surface area (Å²) in [5.74, 6) is -5.61. The van der Waals surface area contributed by atoms with Gasteiger partial charge in [-0.25, -0.2) is 28.8 Å². The lowest BCUT2D eigenvalue weighted by Crippen LogP contribution is -2.31. The van der Waals surface area contributed by atoms with Crippen molar-refractivity contribution in [2.45, 2.75) is 103 Å². The van der Waals surface area contributed by atoms with Crippen LogP contribution in [0.3, 0.4) is 0 Å². The maximum absolute atomic E-state index is 9.60. The Kier molecular flexibility index (Phi) is 83.0. The van der Waals surface area contributed by atoms with Crippen molar-refractivity contribution in [3.05, 3.63) is 72.9 Å². The predicted molar refractivity (Wildman–Crippen MR) is 266 cm³/mol. The van der Waals surface area contributed by atoms with Crippen molar-refractivity contribution in [1.82, 2.24) is 0 Å². The Morgan fingerprint density at radius 2 is 0.263 bits per heavy atom. The molecule has 10 atom stereocenters. The van der Waals surface area contributed by atoms with Gasteiger partial charge in [-0.15, -0.1) is 0 Å². The molecule has 0 spiro atoms. The van der Waals surface area contributed by atoms with Gasteiger partial charge in [0.05, 0.1) is 66.1 Å². The van der Waals surface area contributed by atoms with Crippen molar-refractivity contribution in [3.8, 4) is 0 Å². The largest absolute Gasteiger partial charge is 0.478 e. The lowest BCUT2D eigenvalue weighted by Gasteiger charge is -2.10. The van der Waals surface area contributed by atoms with Crippen LogP contribution in [0, 0.1) is 0 Å². The summed E-state index contributed by atoms with van der Waals surface area (Å²) in [7, 11) is 0. The first-order valence-electron chi connectivity index (χ1n) is 20.7. The minimum atomic E-state index is -1.22. The highest BCUT2D eigenvalue weighted by atomic mass is 16.4. The number of rotatable bonds is 21. The van der Waals surface area contributed by atoms with Gasteiger partial charge in [0.1, 0.15) is 61.0 Å². The van der Waals surface area contributed by atoms with E-state index in [2.05, 4.69) is 39.5 Å². The molecule has 0 radical (unpaired) electrons. The third-order valence-electron chi connectivity index (χ3n) is 6.28. The summed E-state index contributed by atoms with van der Waals surface area (Å²) in [5.41, 5.74) is 1.06. The molecule has 0 unspecified atom stereocenters. The van der Waals surface area contributed by atoms with E-state index in [0.717, 1.165) is 0 Å². The summed E-state index contributed by atoms with van der Waals surface area (Å²) in [6, 6.07) is 0. The molecule has 0 aromatic rings. The number of hydrogen-bond donors (Lipinski definition) is 26. The molecule has 0 fully saturated rings. The van der Waals surface area contributed by atoms with E-state index in [4.69, 9.17) is 133 Å². The molecule has 26 N–H and O–H groups in total. The van der Waals surface area contributed by atoms with Crippen LogP contribution < -0.4 is 0 Å². The highest BCUT2D eigenvalue weighted by molar-refractivity contribution is 5.86. The van der Waals surface area contributed by atoms with Gasteiger partial charge in [0.25, 0.3) is 0 Å². The van der Waals surface area contributed by atoms with Crippen molar-refractivity contribution in [2.75, 3.05) is 66.1 Å². The van der Waals surface area contributed by atoms with E-state index in [1.807, 2.05) is 0 Å². The topological polar surface area (TPSA) is 628 Å². The number of hydrogen-bond acceptors (Lipinski definition) is 26.